The number of carbonyl (C=O) groups is 1. The number of para-hydroxylation sites is 1. The lowest BCUT2D eigenvalue weighted by atomic mass is 10.1. The lowest BCUT2D eigenvalue weighted by Crippen LogP contribution is -2.25. The summed E-state index contributed by atoms with van der Waals surface area (Å²) in [7, 11) is 0. The average Bonchev–Trinajstić information content (AvgIpc) is 2.98. The van der Waals surface area contributed by atoms with E-state index in [0.29, 0.717) is 17.0 Å². The number of hydrazone groups is 1. The van der Waals surface area contributed by atoms with Gasteiger partial charge in [0.05, 0.1) is 17.5 Å². The number of hydrogen-bond acceptors (Lipinski definition) is 4. The first-order valence-corrected chi connectivity index (χ1v) is 8.85. The first kappa shape index (κ1) is 19.2. The van der Waals surface area contributed by atoms with Gasteiger partial charge in [0.1, 0.15) is 5.75 Å². The van der Waals surface area contributed by atoms with Crippen LogP contribution < -0.4 is 15.7 Å². The summed E-state index contributed by atoms with van der Waals surface area (Å²) in [5.74, 6) is 0.250. The minimum absolute atomic E-state index is 0.165. The van der Waals surface area contributed by atoms with Gasteiger partial charge in [0.2, 0.25) is 0 Å². The molecular weight excluding hydrogens is 356 g/mol. The first-order valence-electron chi connectivity index (χ1n) is 8.85. The van der Waals surface area contributed by atoms with Crippen LogP contribution in [0.4, 0.5) is 0 Å². The van der Waals surface area contributed by atoms with Gasteiger partial charge >= 0.3 is 0 Å². The van der Waals surface area contributed by atoms with Crippen LogP contribution in [0.1, 0.15) is 22.4 Å². The summed E-state index contributed by atoms with van der Waals surface area (Å²) in [6.45, 7) is 5.52. The van der Waals surface area contributed by atoms with Crippen LogP contribution in [0.5, 0.6) is 5.75 Å². The summed E-state index contributed by atoms with van der Waals surface area (Å²) >= 11 is 0. The van der Waals surface area contributed by atoms with Gasteiger partial charge in [-0.1, -0.05) is 30.3 Å². The maximum atomic E-state index is 12.5. The van der Waals surface area contributed by atoms with Crippen LogP contribution in [0.2, 0.25) is 0 Å². The number of aromatic amines is 1. The summed E-state index contributed by atoms with van der Waals surface area (Å²) in [4.78, 5) is 24.5. The van der Waals surface area contributed by atoms with Gasteiger partial charge < -0.3 is 4.74 Å². The average molecular weight is 378 g/mol. The van der Waals surface area contributed by atoms with Crippen molar-refractivity contribution in [3.05, 3.63) is 81.3 Å². The predicted molar refractivity (Wildman–Crippen MR) is 108 cm³/mol. The van der Waals surface area contributed by atoms with Crippen molar-refractivity contribution in [3.8, 4) is 11.4 Å². The fourth-order valence-corrected chi connectivity index (χ4v) is 2.70. The van der Waals surface area contributed by atoms with Gasteiger partial charge in [0.15, 0.2) is 6.61 Å². The first-order chi connectivity index (χ1) is 13.5. The molecule has 3 rings (SSSR count). The van der Waals surface area contributed by atoms with E-state index < -0.39 is 5.91 Å². The quantitative estimate of drug-likeness (QED) is 0.510. The second-order valence-electron chi connectivity index (χ2n) is 6.41. The molecule has 0 unspecified atom stereocenters. The van der Waals surface area contributed by atoms with Crippen LogP contribution in [0, 0.1) is 20.8 Å². The molecule has 0 atom stereocenters. The normalized spacial score (nSPS) is 11.0. The zero-order valence-electron chi connectivity index (χ0n) is 16.0. The molecule has 0 fully saturated rings. The molecule has 1 aromatic heterocycles. The Hall–Kier alpha value is -3.61. The van der Waals surface area contributed by atoms with E-state index in [2.05, 4.69) is 15.6 Å². The van der Waals surface area contributed by atoms with E-state index in [4.69, 9.17) is 4.74 Å². The summed E-state index contributed by atoms with van der Waals surface area (Å²) in [5.41, 5.74) is 5.97. The fraction of sp³-hybridized carbons (Fsp3) is 0.190. The van der Waals surface area contributed by atoms with Gasteiger partial charge in [0.25, 0.3) is 11.5 Å². The standard InChI is InChI=1S/C21H22N4O3/c1-14-8-7-11-19(15(14)2)28-13-20(26)23-22-12-18-16(3)24-25(21(18)27)17-9-5-4-6-10-17/h4-12,24H,13H2,1-3H3,(H,23,26)/b22-12-. The van der Waals surface area contributed by atoms with E-state index in [1.54, 1.807) is 6.92 Å². The summed E-state index contributed by atoms with van der Waals surface area (Å²) in [6.07, 6.45) is 1.34. The second kappa shape index (κ2) is 8.39. The van der Waals surface area contributed by atoms with Crippen LogP contribution in [-0.4, -0.2) is 28.5 Å². The number of hydrogen-bond donors (Lipinski definition) is 2. The van der Waals surface area contributed by atoms with Crippen molar-refractivity contribution < 1.29 is 9.53 Å². The molecule has 0 radical (unpaired) electrons. The number of rotatable bonds is 6. The Morgan fingerprint density at radius 2 is 1.89 bits per heavy atom. The molecule has 1 heterocycles. The Kier molecular flexibility index (Phi) is 5.74. The molecule has 1 amide bonds. The number of aryl methyl sites for hydroxylation is 2. The highest BCUT2D eigenvalue weighted by Crippen LogP contribution is 2.20. The van der Waals surface area contributed by atoms with Gasteiger partial charge in [-0.3, -0.25) is 14.7 Å². The number of nitrogens with zero attached hydrogens (tertiary/aromatic N) is 2. The number of ether oxygens (including phenoxy) is 1. The van der Waals surface area contributed by atoms with Gasteiger partial charge in [-0.05, 0) is 50.1 Å². The highest BCUT2D eigenvalue weighted by atomic mass is 16.5. The molecule has 2 N–H and O–H groups in total. The van der Waals surface area contributed by atoms with Crippen LogP contribution >= 0.6 is 0 Å². The van der Waals surface area contributed by atoms with Crippen LogP contribution in [0.25, 0.3) is 5.69 Å². The van der Waals surface area contributed by atoms with Gasteiger partial charge in [0, 0.05) is 5.69 Å². The maximum Gasteiger partial charge on any atom is 0.280 e. The number of amides is 1. The minimum Gasteiger partial charge on any atom is -0.483 e. The van der Waals surface area contributed by atoms with Crippen molar-refractivity contribution in [3.63, 3.8) is 0 Å². The number of nitrogens with one attached hydrogen (secondary N) is 2. The van der Waals surface area contributed by atoms with Gasteiger partial charge in [-0.2, -0.15) is 5.10 Å². The molecule has 0 aliphatic rings. The van der Waals surface area contributed by atoms with Gasteiger partial charge in [-0.15, -0.1) is 0 Å². The molecule has 3 aromatic rings. The van der Waals surface area contributed by atoms with E-state index in [9.17, 15) is 9.59 Å². The third kappa shape index (κ3) is 4.20. The predicted octanol–water partition coefficient (Wildman–Crippen LogP) is 2.62. The molecule has 0 saturated heterocycles. The lowest BCUT2D eigenvalue weighted by molar-refractivity contribution is -0.123. The molecule has 2 aromatic carbocycles. The number of carbonyl (C=O) groups excluding carboxylic acids is 1. The number of aromatic nitrogens is 2. The van der Waals surface area contributed by atoms with Crippen molar-refractivity contribution in [2.24, 2.45) is 5.10 Å². The topological polar surface area (TPSA) is 88.5 Å². The minimum atomic E-state index is -0.409. The fourth-order valence-electron chi connectivity index (χ4n) is 2.70. The number of benzene rings is 2. The molecule has 0 saturated carbocycles. The zero-order chi connectivity index (χ0) is 20.1. The summed E-state index contributed by atoms with van der Waals surface area (Å²) in [5, 5.41) is 6.89. The van der Waals surface area contributed by atoms with Crippen molar-refractivity contribution >= 4 is 12.1 Å². The van der Waals surface area contributed by atoms with E-state index in [-0.39, 0.29) is 12.2 Å². The smallest absolute Gasteiger partial charge is 0.280 e. The Bertz CT molecular complexity index is 1060. The van der Waals surface area contributed by atoms with E-state index in [0.717, 1.165) is 16.8 Å². The molecule has 0 spiro atoms. The zero-order valence-corrected chi connectivity index (χ0v) is 16.0. The Morgan fingerprint density at radius 3 is 2.64 bits per heavy atom. The Balaban J connectivity index is 1.63. The van der Waals surface area contributed by atoms with Crippen molar-refractivity contribution in [2.75, 3.05) is 6.61 Å². The highest BCUT2D eigenvalue weighted by Gasteiger charge is 2.11. The van der Waals surface area contributed by atoms with Gasteiger partial charge in [-0.25, -0.2) is 10.1 Å². The Labute approximate surface area is 162 Å². The second-order valence-corrected chi connectivity index (χ2v) is 6.41. The van der Waals surface area contributed by atoms with Crippen LogP contribution in [0.3, 0.4) is 0 Å². The summed E-state index contributed by atoms with van der Waals surface area (Å²) in [6, 6.07) is 14.9. The van der Waals surface area contributed by atoms with Crippen molar-refractivity contribution in [2.45, 2.75) is 20.8 Å². The molecule has 144 valence electrons. The lowest BCUT2D eigenvalue weighted by Gasteiger charge is -2.09. The van der Waals surface area contributed by atoms with Crippen LogP contribution in [0.15, 0.2) is 58.4 Å². The molecule has 28 heavy (non-hydrogen) atoms. The van der Waals surface area contributed by atoms with E-state index in [1.165, 1.54) is 10.9 Å². The SMILES string of the molecule is Cc1cccc(OCC(=O)N/N=C\c2c(C)[nH]n(-c3ccccc3)c2=O)c1C. The maximum absolute atomic E-state index is 12.5. The molecule has 0 aliphatic carbocycles. The molecule has 0 bridgehead atoms. The largest absolute Gasteiger partial charge is 0.483 e. The summed E-state index contributed by atoms with van der Waals surface area (Å²) < 4.78 is 6.97. The van der Waals surface area contributed by atoms with E-state index >= 15 is 0 Å². The highest BCUT2D eigenvalue weighted by molar-refractivity contribution is 5.83. The molecule has 0 aliphatic heterocycles. The number of H-pyrrole nitrogens is 1. The van der Waals surface area contributed by atoms with Crippen LogP contribution in [-0.2, 0) is 4.79 Å². The molecular formula is C21H22N4O3. The third-order valence-electron chi connectivity index (χ3n) is 4.43. The Morgan fingerprint density at radius 1 is 1.14 bits per heavy atom. The molecule has 7 heteroatoms. The third-order valence-corrected chi connectivity index (χ3v) is 4.43. The molecule has 7 nitrogen and oxygen atoms in total. The van der Waals surface area contributed by atoms with E-state index in [1.807, 2.05) is 62.4 Å². The van der Waals surface area contributed by atoms with Crippen molar-refractivity contribution in [1.29, 1.82) is 0 Å². The monoisotopic (exact) mass is 378 g/mol. The van der Waals surface area contributed by atoms with Crippen molar-refractivity contribution in [1.82, 2.24) is 15.2 Å².